The van der Waals surface area contributed by atoms with Crippen LogP contribution in [0.2, 0.25) is 0 Å². The molecule has 0 bridgehead atoms. The van der Waals surface area contributed by atoms with E-state index in [9.17, 15) is 14.7 Å². The van der Waals surface area contributed by atoms with E-state index in [0.717, 1.165) is 34.2 Å². The fourth-order valence-electron chi connectivity index (χ4n) is 3.82. The molecule has 5 heteroatoms. The van der Waals surface area contributed by atoms with Gasteiger partial charge in [0.05, 0.1) is 11.1 Å². The topological polar surface area (TPSA) is 79.5 Å². The van der Waals surface area contributed by atoms with Crippen LogP contribution in [0.4, 0.5) is 0 Å². The van der Waals surface area contributed by atoms with E-state index in [1.807, 2.05) is 70.2 Å². The van der Waals surface area contributed by atoms with Crippen molar-refractivity contribution in [2.24, 2.45) is 0 Å². The summed E-state index contributed by atoms with van der Waals surface area (Å²) in [6, 6.07) is 18.6. The maximum absolute atomic E-state index is 12.8. The minimum Gasteiger partial charge on any atom is -0.478 e. The molecule has 1 aromatic heterocycles. The third-order valence-electron chi connectivity index (χ3n) is 5.48. The summed E-state index contributed by atoms with van der Waals surface area (Å²) in [6.45, 7) is 8.04. The Labute approximate surface area is 194 Å². The maximum atomic E-state index is 12.8. The van der Waals surface area contributed by atoms with Crippen LogP contribution in [0.5, 0.6) is 0 Å². The number of aromatic carboxylic acids is 1. The quantitative estimate of drug-likeness (QED) is 0.359. The summed E-state index contributed by atoms with van der Waals surface area (Å²) in [7, 11) is 1.59. The van der Waals surface area contributed by atoms with Crippen molar-refractivity contribution in [3.05, 3.63) is 82.9 Å². The van der Waals surface area contributed by atoms with E-state index in [1.165, 1.54) is 0 Å². The average Bonchev–Trinajstić information content (AvgIpc) is 3.22. The zero-order valence-corrected chi connectivity index (χ0v) is 19.7. The smallest absolute Gasteiger partial charge is 0.335 e. The highest BCUT2D eigenvalue weighted by atomic mass is 16.4. The molecule has 170 valence electrons. The third kappa shape index (κ3) is 4.67. The number of fused-ring (bicyclic) bond motifs is 1. The van der Waals surface area contributed by atoms with Crippen molar-refractivity contribution >= 4 is 22.8 Å². The molecule has 4 aromatic rings. The normalized spacial score (nSPS) is 10.5. The highest BCUT2D eigenvalue weighted by Crippen LogP contribution is 2.38. The number of nitrogens with one attached hydrogen (secondary N) is 1. The first kappa shape index (κ1) is 23.8. The number of hydrogen-bond donors (Lipinski definition) is 2. The average molecular weight is 444 g/mol. The number of aryl methyl sites for hydroxylation is 2. The summed E-state index contributed by atoms with van der Waals surface area (Å²) in [5.74, 6) is -0.686. The molecule has 0 unspecified atom stereocenters. The molecule has 0 radical (unpaired) electrons. The van der Waals surface area contributed by atoms with Crippen LogP contribution >= 0.6 is 0 Å². The van der Waals surface area contributed by atoms with Gasteiger partial charge in [0.25, 0.3) is 5.91 Å². The van der Waals surface area contributed by atoms with Crippen LogP contribution in [0.1, 0.15) is 52.6 Å². The summed E-state index contributed by atoms with van der Waals surface area (Å²) >= 11 is 0. The molecule has 33 heavy (non-hydrogen) atoms. The van der Waals surface area contributed by atoms with E-state index in [1.54, 1.807) is 25.2 Å². The number of furan rings is 1. The first-order valence-electron chi connectivity index (χ1n) is 11.1. The van der Waals surface area contributed by atoms with Crippen molar-refractivity contribution in [1.29, 1.82) is 0 Å². The maximum Gasteiger partial charge on any atom is 0.335 e. The van der Waals surface area contributed by atoms with Gasteiger partial charge in [0.1, 0.15) is 11.3 Å². The molecule has 0 fully saturated rings. The van der Waals surface area contributed by atoms with Gasteiger partial charge in [0.15, 0.2) is 0 Å². The van der Waals surface area contributed by atoms with Crippen molar-refractivity contribution in [2.45, 2.75) is 34.1 Å². The lowest BCUT2D eigenvalue weighted by Gasteiger charge is -2.10. The lowest BCUT2D eigenvalue weighted by Crippen LogP contribution is -2.18. The Hall–Kier alpha value is -3.86. The second kappa shape index (κ2) is 10.2. The minimum atomic E-state index is -0.975. The van der Waals surface area contributed by atoms with Crippen molar-refractivity contribution < 1.29 is 19.1 Å². The molecule has 5 nitrogen and oxygen atoms in total. The van der Waals surface area contributed by atoms with Gasteiger partial charge in [-0.2, -0.15) is 0 Å². The fraction of sp³-hybridized carbons (Fsp3) is 0.214. The highest BCUT2D eigenvalue weighted by molar-refractivity contribution is 6.12. The number of carboxylic acids is 1. The largest absolute Gasteiger partial charge is 0.478 e. The number of carboxylic acid groups (broad SMARTS) is 1. The molecular weight excluding hydrogens is 414 g/mol. The Bertz CT molecular complexity index is 1300. The zero-order valence-electron chi connectivity index (χ0n) is 19.7. The fourth-order valence-corrected chi connectivity index (χ4v) is 3.82. The molecule has 3 aromatic carbocycles. The minimum absolute atomic E-state index is 0.221. The predicted octanol–water partition coefficient (Wildman–Crippen LogP) is 6.72. The van der Waals surface area contributed by atoms with E-state index >= 15 is 0 Å². The number of rotatable bonds is 5. The molecule has 4 rings (SSSR count). The second-order valence-electron chi connectivity index (χ2n) is 7.50. The van der Waals surface area contributed by atoms with Gasteiger partial charge in [-0.15, -0.1) is 0 Å². The van der Waals surface area contributed by atoms with Gasteiger partial charge < -0.3 is 14.8 Å². The number of benzene rings is 3. The van der Waals surface area contributed by atoms with E-state index in [0.29, 0.717) is 22.3 Å². The van der Waals surface area contributed by atoms with Gasteiger partial charge in [0, 0.05) is 18.0 Å². The van der Waals surface area contributed by atoms with Crippen LogP contribution < -0.4 is 5.32 Å². The number of amides is 1. The lowest BCUT2D eigenvalue weighted by molar-refractivity contribution is 0.0696. The Morgan fingerprint density at radius 1 is 0.970 bits per heavy atom. The first-order valence-corrected chi connectivity index (χ1v) is 11.1. The Kier molecular flexibility index (Phi) is 7.34. The molecule has 0 aliphatic rings. The molecular formula is C28H29NO4. The molecule has 0 atom stereocenters. The van der Waals surface area contributed by atoms with E-state index in [-0.39, 0.29) is 11.5 Å². The molecule has 0 aliphatic heterocycles. The summed E-state index contributed by atoms with van der Waals surface area (Å²) in [5, 5.41) is 12.8. The van der Waals surface area contributed by atoms with Crippen molar-refractivity contribution in [1.82, 2.24) is 5.32 Å². The monoisotopic (exact) mass is 443 g/mol. The van der Waals surface area contributed by atoms with Crippen molar-refractivity contribution in [3.63, 3.8) is 0 Å². The Morgan fingerprint density at radius 3 is 2.27 bits per heavy atom. The van der Waals surface area contributed by atoms with Crippen molar-refractivity contribution in [3.8, 4) is 22.5 Å². The van der Waals surface area contributed by atoms with Gasteiger partial charge >= 0.3 is 5.97 Å². The standard InChI is InChI=1S/C26H23NO4.C2H6/c1-4-16-13-22-21(14-20(16)18-6-5-7-19(12-18)26(29)30)23(25(28)27-3)24(31-22)17-10-8-15(2)9-11-17;1-2/h5-14H,4H2,1-3H3,(H,27,28)(H,29,30);1-2H3. The van der Waals surface area contributed by atoms with Gasteiger partial charge in [0.2, 0.25) is 0 Å². The number of hydrogen-bond acceptors (Lipinski definition) is 3. The summed E-state index contributed by atoms with van der Waals surface area (Å²) in [4.78, 5) is 24.3. The molecule has 1 amide bonds. The van der Waals surface area contributed by atoms with E-state index in [4.69, 9.17) is 4.42 Å². The Balaban J connectivity index is 0.00000149. The lowest BCUT2D eigenvalue weighted by atomic mass is 9.93. The first-order chi connectivity index (χ1) is 15.9. The number of carbonyl (C=O) groups excluding carboxylic acids is 1. The molecule has 0 saturated heterocycles. The van der Waals surface area contributed by atoms with E-state index in [2.05, 4.69) is 5.32 Å². The van der Waals surface area contributed by atoms with Gasteiger partial charge in [-0.25, -0.2) is 4.79 Å². The second-order valence-corrected chi connectivity index (χ2v) is 7.50. The zero-order chi connectivity index (χ0) is 24.1. The third-order valence-corrected chi connectivity index (χ3v) is 5.48. The molecule has 1 heterocycles. The Morgan fingerprint density at radius 2 is 1.67 bits per heavy atom. The van der Waals surface area contributed by atoms with Crippen LogP contribution in [-0.4, -0.2) is 24.0 Å². The summed E-state index contributed by atoms with van der Waals surface area (Å²) < 4.78 is 6.19. The van der Waals surface area contributed by atoms with Crippen LogP contribution in [-0.2, 0) is 6.42 Å². The van der Waals surface area contributed by atoms with Crippen LogP contribution in [0.3, 0.4) is 0 Å². The summed E-state index contributed by atoms with van der Waals surface area (Å²) in [6.07, 6.45) is 0.735. The van der Waals surface area contributed by atoms with E-state index < -0.39 is 5.97 Å². The molecule has 0 aliphatic carbocycles. The predicted molar refractivity (Wildman–Crippen MR) is 133 cm³/mol. The molecule has 0 spiro atoms. The highest BCUT2D eigenvalue weighted by Gasteiger charge is 2.23. The van der Waals surface area contributed by atoms with Crippen LogP contribution in [0, 0.1) is 6.92 Å². The van der Waals surface area contributed by atoms with Crippen molar-refractivity contribution in [2.75, 3.05) is 7.05 Å². The van der Waals surface area contributed by atoms with Gasteiger partial charge in [-0.3, -0.25) is 4.79 Å². The van der Waals surface area contributed by atoms with Gasteiger partial charge in [-0.1, -0.05) is 62.7 Å². The SMILES string of the molecule is CC.CCc1cc2oc(-c3ccc(C)cc3)c(C(=O)NC)c2cc1-c1cccc(C(=O)O)c1. The number of carbonyl (C=O) groups is 2. The summed E-state index contributed by atoms with van der Waals surface area (Å²) in [5.41, 5.74) is 5.97. The van der Waals surface area contributed by atoms with Crippen LogP contribution in [0.15, 0.2) is 65.1 Å². The van der Waals surface area contributed by atoms with Crippen LogP contribution in [0.25, 0.3) is 33.4 Å². The van der Waals surface area contributed by atoms with Gasteiger partial charge in [-0.05, 0) is 54.3 Å². The molecule has 0 saturated carbocycles. The molecule has 2 N–H and O–H groups in total.